The van der Waals surface area contributed by atoms with Crippen LogP contribution in [-0.2, 0) is 6.42 Å². The maximum absolute atomic E-state index is 3.72. The van der Waals surface area contributed by atoms with Gasteiger partial charge in [0.25, 0.3) is 0 Å². The number of hydrogen-bond donors (Lipinski definition) is 0. The molecule has 94 valence electrons. The Morgan fingerprint density at radius 1 is 1.24 bits per heavy atom. The van der Waals surface area contributed by atoms with E-state index in [4.69, 9.17) is 0 Å². The van der Waals surface area contributed by atoms with Gasteiger partial charge in [0.1, 0.15) is 0 Å². The summed E-state index contributed by atoms with van der Waals surface area (Å²) in [5.74, 6) is 0. The molecule has 0 bridgehead atoms. The van der Waals surface area contributed by atoms with Gasteiger partial charge in [-0.1, -0.05) is 28.1 Å². The van der Waals surface area contributed by atoms with Crippen LogP contribution in [0.25, 0.3) is 0 Å². The molecule has 2 nitrogen and oxygen atoms in total. The van der Waals surface area contributed by atoms with E-state index in [0.717, 1.165) is 6.54 Å². The van der Waals surface area contributed by atoms with Gasteiger partial charge in [0.2, 0.25) is 0 Å². The Labute approximate surface area is 118 Å². The van der Waals surface area contributed by atoms with Crippen molar-refractivity contribution >= 4 is 28.3 Å². The SMILES string of the molecule is CN1CCN2CCc3cccc(Br)c3C2C1.Cl. The molecule has 0 radical (unpaired) electrons. The van der Waals surface area contributed by atoms with E-state index in [2.05, 4.69) is 51.0 Å². The lowest BCUT2D eigenvalue weighted by atomic mass is 9.91. The molecule has 1 atom stereocenters. The zero-order valence-corrected chi connectivity index (χ0v) is 12.4. The molecule has 2 aliphatic heterocycles. The normalized spacial score (nSPS) is 24.7. The second-order valence-electron chi connectivity index (χ2n) is 4.88. The maximum Gasteiger partial charge on any atom is 0.0489 e. The average molecular weight is 318 g/mol. The van der Waals surface area contributed by atoms with E-state index in [1.54, 1.807) is 0 Å². The lowest BCUT2D eigenvalue weighted by molar-refractivity contribution is 0.0821. The molecule has 0 aliphatic carbocycles. The van der Waals surface area contributed by atoms with E-state index in [1.165, 1.54) is 41.7 Å². The molecule has 0 spiro atoms. The largest absolute Gasteiger partial charge is 0.303 e. The van der Waals surface area contributed by atoms with E-state index in [1.807, 2.05) is 0 Å². The Balaban J connectivity index is 0.00000108. The molecule has 0 aromatic heterocycles. The summed E-state index contributed by atoms with van der Waals surface area (Å²) in [4.78, 5) is 5.07. The Morgan fingerprint density at radius 3 is 2.88 bits per heavy atom. The average Bonchev–Trinajstić information content (AvgIpc) is 2.28. The summed E-state index contributed by atoms with van der Waals surface area (Å²) in [6.45, 7) is 4.80. The second kappa shape index (κ2) is 5.27. The molecule has 1 aromatic carbocycles. The Morgan fingerprint density at radius 2 is 2.06 bits per heavy atom. The molecule has 1 aromatic rings. The van der Waals surface area contributed by atoms with Gasteiger partial charge >= 0.3 is 0 Å². The first-order chi connectivity index (χ1) is 7.75. The minimum absolute atomic E-state index is 0. The van der Waals surface area contributed by atoms with Crippen molar-refractivity contribution in [3.8, 4) is 0 Å². The van der Waals surface area contributed by atoms with E-state index < -0.39 is 0 Å². The molecule has 1 unspecified atom stereocenters. The minimum Gasteiger partial charge on any atom is -0.303 e. The first kappa shape index (κ1) is 13.3. The quantitative estimate of drug-likeness (QED) is 0.726. The Hall–Kier alpha value is -0.0900. The third kappa shape index (κ3) is 2.39. The summed E-state index contributed by atoms with van der Waals surface area (Å²) in [7, 11) is 2.22. The van der Waals surface area contributed by atoms with Crippen molar-refractivity contribution in [3.63, 3.8) is 0 Å². The predicted molar refractivity (Wildman–Crippen MR) is 76.9 cm³/mol. The molecule has 1 fully saturated rings. The van der Waals surface area contributed by atoms with Crippen molar-refractivity contribution in [1.29, 1.82) is 0 Å². The number of piperazine rings is 1. The zero-order valence-electron chi connectivity index (χ0n) is 10.0. The molecule has 0 saturated carbocycles. The Bertz CT molecular complexity index is 410. The maximum atomic E-state index is 3.72. The van der Waals surface area contributed by atoms with Crippen molar-refractivity contribution in [1.82, 2.24) is 9.80 Å². The fourth-order valence-corrected chi connectivity index (χ4v) is 3.61. The number of fused-ring (bicyclic) bond motifs is 3. The van der Waals surface area contributed by atoms with Crippen molar-refractivity contribution in [2.75, 3.05) is 33.2 Å². The van der Waals surface area contributed by atoms with Crippen LogP contribution in [0, 0.1) is 0 Å². The molecule has 4 heteroatoms. The highest BCUT2D eigenvalue weighted by molar-refractivity contribution is 9.10. The van der Waals surface area contributed by atoms with E-state index >= 15 is 0 Å². The molecular weight excluding hydrogens is 300 g/mol. The highest BCUT2D eigenvalue weighted by Crippen LogP contribution is 2.36. The van der Waals surface area contributed by atoms with Crippen molar-refractivity contribution in [2.45, 2.75) is 12.5 Å². The van der Waals surface area contributed by atoms with Gasteiger partial charge in [-0.15, -0.1) is 12.4 Å². The summed E-state index contributed by atoms with van der Waals surface area (Å²) in [6.07, 6.45) is 1.20. The van der Waals surface area contributed by atoms with Gasteiger partial charge in [-0.3, -0.25) is 4.90 Å². The number of benzene rings is 1. The van der Waals surface area contributed by atoms with Gasteiger partial charge in [-0.25, -0.2) is 0 Å². The third-order valence-corrected chi connectivity index (χ3v) is 4.53. The summed E-state index contributed by atoms with van der Waals surface area (Å²) in [5, 5.41) is 0. The van der Waals surface area contributed by atoms with Gasteiger partial charge in [0.05, 0.1) is 0 Å². The molecule has 2 aliphatic rings. The molecule has 2 heterocycles. The van der Waals surface area contributed by atoms with Crippen molar-refractivity contribution in [2.24, 2.45) is 0 Å². The standard InChI is InChI=1S/C13H17BrN2.ClH/c1-15-7-8-16-6-5-10-3-2-4-11(14)13(10)12(16)9-15;/h2-4,12H,5-9H2,1H3;1H. The van der Waals surface area contributed by atoms with Crippen molar-refractivity contribution in [3.05, 3.63) is 33.8 Å². The molecule has 0 amide bonds. The van der Waals surface area contributed by atoms with Crippen LogP contribution in [0.3, 0.4) is 0 Å². The minimum atomic E-state index is 0. The van der Waals surface area contributed by atoms with Crippen LogP contribution >= 0.6 is 28.3 Å². The number of rotatable bonds is 0. The molecule has 3 rings (SSSR count). The number of nitrogens with zero attached hydrogens (tertiary/aromatic N) is 2. The van der Waals surface area contributed by atoms with Crippen LogP contribution in [0.5, 0.6) is 0 Å². The first-order valence-corrected chi connectivity index (χ1v) is 6.75. The van der Waals surface area contributed by atoms with Crippen LogP contribution in [-0.4, -0.2) is 43.0 Å². The highest BCUT2D eigenvalue weighted by atomic mass is 79.9. The van der Waals surface area contributed by atoms with Crippen molar-refractivity contribution < 1.29 is 0 Å². The van der Waals surface area contributed by atoms with Gasteiger partial charge in [0, 0.05) is 36.7 Å². The summed E-state index contributed by atoms with van der Waals surface area (Å²) >= 11 is 3.72. The summed E-state index contributed by atoms with van der Waals surface area (Å²) in [6, 6.07) is 7.21. The monoisotopic (exact) mass is 316 g/mol. The molecule has 1 saturated heterocycles. The summed E-state index contributed by atoms with van der Waals surface area (Å²) in [5.41, 5.74) is 3.06. The fraction of sp³-hybridized carbons (Fsp3) is 0.538. The van der Waals surface area contributed by atoms with E-state index in [0.29, 0.717) is 6.04 Å². The highest BCUT2D eigenvalue weighted by Gasteiger charge is 2.32. The number of hydrogen-bond acceptors (Lipinski definition) is 2. The van der Waals surface area contributed by atoms with Crippen LogP contribution < -0.4 is 0 Å². The first-order valence-electron chi connectivity index (χ1n) is 5.95. The number of halogens is 2. The van der Waals surface area contributed by atoms with Gasteiger partial charge < -0.3 is 4.90 Å². The molecule has 0 N–H and O–H groups in total. The lowest BCUT2D eigenvalue weighted by Gasteiger charge is -2.44. The van der Waals surface area contributed by atoms with E-state index in [9.17, 15) is 0 Å². The van der Waals surface area contributed by atoms with E-state index in [-0.39, 0.29) is 12.4 Å². The van der Waals surface area contributed by atoms with Gasteiger partial charge in [-0.05, 0) is 30.7 Å². The number of likely N-dealkylation sites (N-methyl/N-ethyl adjacent to an activating group) is 1. The smallest absolute Gasteiger partial charge is 0.0489 e. The second-order valence-corrected chi connectivity index (χ2v) is 5.73. The summed E-state index contributed by atoms with van der Waals surface area (Å²) < 4.78 is 1.29. The molecule has 17 heavy (non-hydrogen) atoms. The lowest BCUT2D eigenvalue weighted by Crippen LogP contribution is -2.49. The fourth-order valence-electron chi connectivity index (χ4n) is 2.94. The topological polar surface area (TPSA) is 6.48 Å². The Kier molecular flexibility index (Phi) is 4.14. The van der Waals surface area contributed by atoms with Gasteiger partial charge in [-0.2, -0.15) is 0 Å². The predicted octanol–water partition coefficient (Wildman–Crippen LogP) is 2.72. The van der Waals surface area contributed by atoms with Crippen LogP contribution in [0.15, 0.2) is 22.7 Å². The van der Waals surface area contributed by atoms with Crippen LogP contribution in [0.2, 0.25) is 0 Å². The molecular formula is C13H18BrClN2. The van der Waals surface area contributed by atoms with Crippen LogP contribution in [0.4, 0.5) is 0 Å². The third-order valence-electron chi connectivity index (χ3n) is 3.84. The van der Waals surface area contributed by atoms with Crippen LogP contribution in [0.1, 0.15) is 17.2 Å². The van der Waals surface area contributed by atoms with Gasteiger partial charge in [0.15, 0.2) is 0 Å². The zero-order chi connectivity index (χ0) is 11.1.